The lowest BCUT2D eigenvalue weighted by molar-refractivity contribution is 0.583. The summed E-state index contributed by atoms with van der Waals surface area (Å²) in [6.07, 6.45) is 6.44. The van der Waals surface area contributed by atoms with Gasteiger partial charge in [-0.15, -0.1) is 0 Å². The molecule has 0 bridgehead atoms. The molecule has 0 aromatic heterocycles. The number of aryl methyl sites for hydroxylation is 1. The van der Waals surface area contributed by atoms with E-state index in [4.69, 9.17) is 0 Å². The van der Waals surface area contributed by atoms with Crippen molar-refractivity contribution in [3.63, 3.8) is 0 Å². The fourth-order valence-electron chi connectivity index (χ4n) is 4.14. The molecule has 3 aromatic rings. The Bertz CT molecular complexity index is 1000. The third-order valence-electron chi connectivity index (χ3n) is 5.56. The van der Waals surface area contributed by atoms with Crippen LogP contribution >= 0.6 is 0 Å². The number of hydrogen-bond donors (Lipinski definition) is 0. The molecule has 0 amide bonds. The van der Waals surface area contributed by atoms with Gasteiger partial charge in [-0.2, -0.15) is 0 Å². The van der Waals surface area contributed by atoms with Gasteiger partial charge in [0.2, 0.25) is 0 Å². The van der Waals surface area contributed by atoms with Gasteiger partial charge in [0.1, 0.15) is 17.5 Å². The Hall–Kier alpha value is -2.55. The Kier molecular flexibility index (Phi) is 5.25. The lowest BCUT2D eigenvalue weighted by atomic mass is 9.97. The van der Waals surface area contributed by atoms with E-state index in [-0.39, 0.29) is 16.9 Å². The van der Waals surface area contributed by atoms with Crippen molar-refractivity contribution >= 4 is 0 Å². The Morgan fingerprint density at radius 2 is 1.46 bits per heavy atom. The molecule has 0 aliphatic heterocycles. The molecule has 0 saturated carbocycles. The largest absolute Gasteiger partial charge is 0.207 e. The van der Waals surface area contributed by atoms with Gasteiger partial charge in [0.05, 0.1) is 0 Å². The van der Waals surface area contributed by atoms with Crippen LogP contribution in [0.25, 0.3) is 22.3 Å². The first-order chi connectivity index (χ1) is 13.6. The first-order valence-electron chi connectivity index (χ1n) is 9.97. The maximum Gasteiger partial charge on any atom is 0.135 e. The van der Waals surface area contributed by atoms with Crippen LogP contribution in [0.15, 0.2) is 48.5 Å². The minimum atomic E-state index is -0.703. The molecule has 0 atom stereocenters. The summed E-state index contributed by atoms with van der Waals surface area (Å²) in [6.45, 7) is 2.20. The Morgan fingerprint density at radius 3 is 2.21 bits per heavy atom. The molecule has 1 aliphatic carbocycles. The predicted molar refractivity (Wildman–Crippen MR) is 108 cm³/mol. The molecule has 0 nitrogen and oxygen atoms in total. The first kappa shape index (κ1) is 18.8. The van der Waals surface area contributed by atoms with E-state index in [0.717, 1.165) is 29.2 Å². The van der Waals surface area contributed by atoms with Crippen molar-refractivity contribution in [2.24, 2.45) is 0 Å². The molecule has 0 saturated heterocycles. The third-order valence-corrected chi connectivity index (χ3v) is 5.56. The molecule has 3 aromatic carbocycles. The fraction of sp³-hybridized carbons (Fsp3) is 0.280. The van der Waals surface area contributed by atoms with Gasteiger partial charge < -0.3 is 0 Å². The standard InChI is InChI=1S/C25H23F3/c1-2-3-4-5-6-16-7-8-21-17(11-16)14-24-23(21)10-9-22(25(24)28)18-12-19(26)15-20(27)13-18/h7-13,15H,2-6,14H2,1H3. The van der Waals surface area contributed by atoms with Gasteiger partial charge in [-0.1, -0.05) is 56.5 Å². The summed E-state index contributed by atoms with van der Waals surface area (Å²) in [6, 6.07) is 13.0. The molecule has 0 unspecified atom stereocenters. The molecule has 0 radical (unpaired) electrons. The maximum absolute atomic E-state index is 15.2. The number of fused-ring (bicyclic) bond motifs is 3. The van der Waals surface area contributed by atoms with Crippen LogP contribution in [0.3, 0.4) is 0 Å². The molecular weight excluding hydrogens is 357 g/mol. The van der Waals surface area contributed by atoms with E-state index in [9.17, 15) is 8.78 Å². The number of unbranched alkanes of at least 4 members (excludes halogenated alkanes) is 3. The van der Waals surface area contributed by atoms with E-state index in [2.05, 4.69) is 25.1 Å². The molecule has 0 spiro atoms. The smallest absolute Gasteiger partial charge is 0.135 e. The molecule has 144 valence electrons. The van der Waals surface area contributed by atoms with E-state index in [1.807, 2.05) is 6.07 Å². The zero-order chi connectivity index (χ0) is 19.7. The lowest BCUT2D eigenvalue weighted by Gasteiger charge is -2.09. The zero-order valence-corrected chi connectivity index (χ0v) is 16.0. The summed E-state index contributed by atoms with van der Waals surface area (Å²) in [4.78, 5) is 0. The SMILES string of the molecule is CCCCCCc1ccc2c(c1)Cc1c-2ccc(-c2cc(F)cc(F)c2)c1F. The molecule has 0 N–H and O–H groups in total. The Labute approximate surface area is 164 Å². The van der Waals surface area contributed by atoms with Crippen molar-refractivity contribution in [3.8, 4) is 22.3 Å². The van der Waals surface area contributed by atoms with Crippen LogP contribution in [0.5, 0.6) is 0 Å². The summed E-state index contributed by atoms with van der Waals surface area (Å²) in [5, 5.41) is 0. The highest BCUT2D eigenvalue weighted by molar-refractivity contribution is 5.81. The predicted octanol–water partition coefficient (Wildman–Crippen LogP) is 7.46. The summed E-state index contributed by atoms with van der Waals surface area (Å²) >= 11 is 0. The van der Waals surface area contributed by atoms with Crippen molar-refractivity contribution in [2.45, 2.75) is 45.4 Å². The van der Waals surface area contributed by atoms with Crippen LogP contribution in [0, 0.1) is 17.5 Å². The van der Waals surface area contributed by atoms with Crippen LogP contribution in [-0.4, -0.2) is 0 Å². The highest BCUT2D eigenvalue weighted by atomic mass is 19.1. The third kappa shape index (κ3) is 3.58. The van der Waals surface area contributed by atoms with Gasteiger partial charge in [-0.25, -0.2) is 13.2 Å². The van der Waals surface area contributed by atoms with E-state index >= 15 is 4.39 Å². The minimum Gasteiger partial charge on any atom is -0.207 e. The molecular formula is C25H23F3. The molecule has 3 heteroatoms. The summed E-state index contributed by atoms with van der Waals surface area (Å²) < 4.78 is 42.4. The summed E-state index contributed by atoms with van der Waals surface area (Å²) in [5.74, 6) is -1.79. The van der Waals surface area contributed by atoms with Crippen molar-refractivity contribution in [1.82, 2.24) is 0 Å². The van der Waals surface area contributed by atoms with Gasteiger partial charge >= 0.3 is 0 Å². The topological polar surface area (TPSA) is 0 Å². The van der Waals surface area contributed by atoms with E-state index in [1.165, 1.54) is 43.4 Å². The first-order valence-corrected chi connectivity index (χ1v) is 9.97. The van der Waals surface area contributed by atoms with Gasteiger partial charge in [0, 0.05) is 23.6 Å². The molecule has 0 fully saturated rings. The van der Waals surface area contributed by atoms with Crippen molar-refractivity contribution < 1.29 is 13.2 Å². The van der Waals surface area contributed by atoms with Crippen molar-refractivity contribution in [3.05, 3.63) is 82.7 Å². The van der Waals surface area contributed by atoms with E-state index < -0.39 is 11.6 Å². The number of rotatable bonds is 6. The molecule has 28 heavy (non-hydrogen) atoms. The highest BCUT2D eigenvalue weighted by Gasteiger charge is 2.24. The minimum absolute atomic E-state index is 0.227. The van der Waals surface area contributed by atoms with Crippen molar-refractivity contribution in [1.29, 1.82) is 0 Å². The maximum atomic E-state index is 15.2. The summed E-state index contributed by atoms with van der Waals surface area (Å²) in [5.41, 5.74) is 5.43. The van der Waals surface area contributed by atoms with Gasteiger partial charge in [-0.05, 0) is 52.8 Å². The van der Waals surface area contributed by atoms with Crippen LogP contribution in [0.4, 0.5) is 13.2 Å². The molecule has 1 aliphatic rings. The van der Waals surface area contributed by atoms with Crippen LogP contribution in [-0.2, 0) is 12.8 Å². The molecule has 0 heterocycles. The summed E-state index contributed by atoms with van der Waals surface area (Å²) in [7, 11) is 0. The van der Waals surface area contributed by atoms with E-state index in [1.54, 1.807) is 6.07 Å². The van der Waals surface area contributed by atoms with Gasteiger partial charge in [0.25, 0.3) is 0 Å². The fourth-order valence-corrected chi connectivity index (χ4v) is 4.14. The van der Waals surface area contributed by atoms with Gasteiger partial charge in [-0.3, -0.25) is 0 Å². The van der Waals surface area contributed by atoms with E-state index in [0.29, 0.717) is 12.0 Å². The normalized spacial score (nSPS) is 12.1. The molecule has 4 rings (SSSR count). The van der Waals surface area contributed by atoms with Crippen LogP contribution in [0.2, 0.25) is 0 Å². The zero-order valence-electron chi connectivity index (χ0n) is 16.0. The monoisotopic (exact) mass is 380 g/mol. The van der Waals surface area contributed by atoms with Gasteiger partial charge in [0.15, 0.2) is 0 Å². The average molecular weight is 380 g/mol. The second kappa shape index (κ2) is 7.83. The van der Waals surface area contributed by atoms with Crippen molar-refractivity contribution in [2.75, 3.05) is 0 Å². The number of benzene rings is 3. The number of hydrogen-bond acceptors (Lipinski definition) is 0. The second-order valence-electron chi connectivity index (χ2n) is 7.59. The average Bonchev–Trinajstić information content (AvgIpc) is 3.03. The Morgan fingerprint density at radius 1 is 0.750 bits per heavy atom. The Balaban J connectivity index is 1.63. The lowest BCUT2D eigenvalue weighted by Crippen LogP contribution is -1.94. The van der Waals surface area contributed by atoms with Crippen LogP contribution < -0.4 is 0 Å². The number of halogens is 3. The second-order valence-corrected chi connectivity index (χ2v) is 7.59. The van der Waals surface area contributed by atoms with Crippen LogP contribution in [0.1, 0.15) is 49.3 Å². The quantitative estimate of drug-likeness (QED) is 0.304. The highest BCUT2D eigenvalue weighted by Crippen LogP contribution is 2.41.